The number of hydrogen-bond donors (Lipinski definition) is 0. The molecular weight excluding hydrogens is 231 g/mol. The zero-order valence-electron chi connectivity index (χ0n) is 8.67. The van der Waals surface area contributed by atoms with Crippen molar-refractivity contribution in [2.45, 2.75) is 0 Å². The lowest BCUT2D eigenvalue weighted by atomic mass is 10.1. The van der Waals surface area contributed by atoms with E-state index in [4.69, 9.17) is 21.1 Å². The second-order valence-corrected chi connectivity index (χ2v) is 3.64. The number of fused-ring (bicyclic) bond motifs is 1. The van der Waals surface area contributed by atoms with E-state index in [1.54, 1.807) is 12.1 Å². The highest BCUT2D eigenvalue weighted by Crippen LogP contribution is 2.33. The van der Waals surface area contributed by atoms with Crippen LogP contribution in [0.15, 0.2) is 30.3 Å². The number of hydrogen-bond acceptors (Lipinski definition) is 2. The number of benzene rings is 2. The summed E-state index contributed by atoms with van der Waals surface area (Å²) in [5.74, 6) is 0.0616. The zero-order valence-corrected chi connectivity index (χ0v) is 9.42. The van der Waals surface area contributed by atoms with E-state index >= 15 is 0 Å². The monoisotopic (exact) mass is 240 g/mol. The lowest BCUT2D eigenvalue weighted by molar-refractivity contribution is 0.0522. The van der Waals surface area contributed by atoms with Crippen molar-refractivity contribution in [2.24, 2.45) is 0 Å². The van der Waals surface area contributed by atoms with Gasteiger partial charge in [0.05, 0.1) is 5.02 Å². The Bertz CT molecular complexity index is 514. The Labute approximate surface area is 97.5 Å². The van der Waals surface area contributed by atoms with Crippen LogP contribution in [0.3, 0.4) is 0 Å². The fourth-order valence-corrected chi connectivity index (χ4v) is 1.79. The van der Waals surface area contributed by atoms with Gasteiger partial charge in [-0.3, -0.25) is 0 Å². The van der Waals surface area contributed by atoms with Crippen LogP contribution in [0.5, 0.6) is 5.75 Å². The maximum Gasteiger partial charge on any atom is 0.188 e. The molecule has 0 heterocycles. The van der Waals surface area contributed by atoms with E-state index in [0.717, 1.165) is 5.39 Å². The van der Waals surface area contributed by atoms with Gasteiger partial charge in [0.1, 0.15) is 11.6 Å². The normalized spacial score (nSPS) is 10.7. The maximum absolute atomic E-state index is 13.3. The van der Waals surface area contributed by atoms with Crippen molar-refractivity contribution in [1.82, 2.24) is 0 Å². The molecule has 0 N–H and O–H groups in total. The van der Waals surface area contributed by atoms with Crippen molar-refractivity contribution in [3.63, 3.8) is 0 Å². The molecule has 0 aliphatic heterocycles. The third-order valence-electron chi connectivity index (χ3n) is 2.23. The summed E-state index contributed by atoms with van der Waals surface area (Å²) < 4.78 is 23.5. The third-order valence-corrected chi connectivity index (χ3v) is 2.60. The van der Waals surface area contributed by atoms with Crippen molar-refractivity contribution >= 4 is 22.4 Å². The first-order valence-corrected chi connectivity index (χ1v) is 5.10. The van der Waals surface area contributed by atoms with Gasteiger partial charge < -0.3 is 9.47 Å². The van der Waals surface area contributed by atoms with E-state index in [9.17, 15) is 4.39 Å². The smallest absolute Gasteiger partial charge is 0.188 e. The molecule has 0 saturated carbocycles. The van der Waals surface area contributed by atoms with Gasteiger partial charge in [0.25, 0.3) is 0 Å². The minimum absolute atomic E-state index is 0.0733. The van der Waals surface area contributed by atoms with Crippen LogP contribution in [0.1, 0.15) is 0 Å². The molecule has 0 amide bonds. The summed E-state index contributed by atoms with van der Waals surface area (Å²) in [4.78, 5) is 0. The van der Waals surface area contributed by atoms with Crippen LogP contribution >= 0.6 is 11.6 Å². The highest BCUT2D eigenvalue weighted by Gasteiger charge is 2.10. The molecule has 0 spiro atoms. The van der Waals surface area contributed by atoms with Gasteiger partial charge in [0.2, 0.25) is 0 Å². The molecule has 0 radical (unpaired) electrons. The molecule has 2 aromatic carbocycles. The van der Waals surface area contributed by atoms with Crippen LogP contribution < -0.4 is 4.74 Å². The minimum atomic E-state index is -0.456. The first kappa shape index (κ1) is 11.2. The topological polar surface area (TPSA) is 18.5 Å². The third kappa shape index (κ3) is 1.96. The van der Waals surface area contributed by atoms with Crippen LogP contribution in [0.2, 0.25) is 5.02 Å². The Hall–Kier alpha value is -1.32. The lowest BCUT2D eigenvalue weighted by Crippen LogP contribution is -1.99. The second kappa shape index (κ2) is 4.68. The molecule has 0 saturated heterocycles. The van der Waals surface area contributed by atoms with E-state index in [2.05, 4.69) is 0 Å². The maximum atomic E-state index is 13.3. The van der Waals surface area contributed by atoms with Gasteiger partial charge in [-0.05, 0) is 17.5 Å². The fraction of sp³-hybridized carbons (Fsp3) is 0.167. The standard InChI is InChI=1S/C12H10ClFO2/c1-15-7-16-10-4-2-3-8-5-6-9(14)12(13)11(8)10/h2-6H,7H2,1H3. The Morgan fingerprint density at radius 3 is 2.81 bits per heavy atom. The van der Waals surface area contributed by atoms with E-state index in [1.165, 1.54) is 13.2 Å². The number of halogens is 2. The average Bonchev–Trinajstić information content (AvgIpc) is 2.31. The molecule has 84 valence electrons. The Morgan fingerprint density at radius 1 is 1.25 bits per heavy atom. The van der Waals surface area contributed by atoms with Crippen molar-refractivity contribution in [3.05, 3.63) is 41.2 Å². The van der Waals surface area contributed by atoms with Gasteiger partial charge in [-0.1, -0.05) is 29.8 Å². The largest absolute Gasteiger partial charge is 0.467 e. The molecule has 4 heteroatoms. The predicted octanol–water partition coefficient (Wildman–Crippen LogP) is 3.62. The first-order chi connectivity index (χ1) is 7.74. The summed E-state index contributed by atoms with van der Waals surface area (Å²) in [6.07, 6.45) is 0. The molecule has 0 aromatic heterocycles. The van der Waals surface area contributed by atoms with E-state index in [0.29, 0.717) is 11.1 Å². The van der Waals surface area contributed by atoms with Crippen LogP contribution in [-0.2, 0) is 4.74 Å². The van der Waals surface area contributed by atoms with Gasteiger partial charge in [-0.15, -0.1) is 0 Å². The Balaban J connectivity index is 2.60. The van der Waals surface area contributed by atoms with Gasteiger partial charge in [-0.2, -0.15) is 0 Å². The highest BCUT2D eigenvalue weighted by atomic mass is 35.5. The summed E-state index contributed by atoms with van der Waals surface area (Å²) in [6.45, 7) is 0.103. The number of rotatable bonds is 3. The predicted molar refractivity (Wildman–Crippen MR) is 61.4 cm³/mol. The molecule has 0 atom stereocenters. The summed E-state index contributed by atoms with van der Waals surface area (Å²) in [5.41, 5.74) is 0. The van der Waals surface area contributed by atoms with Crippen molar-refractivity contribution in [3.8, 4) is 5.75 Å². The Morgan fingerprint density at radius 2 is 2.06 bits per heavy atom. The van der Waals surface area contributed by atoms with E-state index < -0.39 is 5.82 Å². The SMILES string of the molecule is COCOc1cccc2ccc(F)c(Cl)c12. The van der Waals surface area contributed by atoms with Crippen LogP contribution in [0, 0.1) is 5.82 Å². The molecule has 0 bridgehead atoms. The van der Waals surface area contributed by atoms with E-state index in [-0.39, 0.29) is 11.8 Å². The van der Waals surface area contributed by atoms with Gasteiger partial charge >= 0.3 is 0 Å². The lowest BCUT2D eigenvalue weighted by Gasteiger charge is -2.09. The van der Waals surface area contributed by atoms with Crippen molar-refractivity contribution in [2.75, 3.05) is 13.9 Å². The van der Waals surface area contributed by atoms with E-state index in [1.807, 2.05) is 12.1 Å². The van der Waals surface area contributed by atoms with Crippen molar-refractivity contribution < 1.29 is 13.9 Å². The van der Waals surface area contributed by atoms with Crippen molar-refractivity contribution in [1.29, 1.82) is 0 Å². The van der Waals surface area contributed by atoms with Crippen LogP contribution in [0.25, 0.3) is 10.8 Å². The molecule has 2 nitrogen and oxygen atoms in total. The Kier molecular flexibility index (Phi) is 3.27. The summed E-state index contributed by atoms with van der Waals surface area (Å²) >= 11 is 5.91. The average molecular weight is 241 g/mol. The summed E-state index contributed by atoms with van der Waals surface area (Å²) in [5, 5.41) is 1.48. The second-order valence-electron chi connectivity index (χ2n) is 3.27. The van der Waals surface area contributed by atoms with Crippen LogP contribution in [0.4, 0.5) is 4.39 Å². The highest BCUT2D eigenvalue weighted by molar-refractivity contribution is 6.36. The molecule has 0 unspecified atom stereocenters. The summed E-state index contributed by atoms with van der Waals surface area (Å²) in [6, 6.07) is 8.40. The number of methoxy groups -OCH3 is 1. The molecule has 16 heavy (non-hydrogen) atoms. The minimum Gasteiger partial charge on any atom is -0.467 e. The molecular formula is C12H10ClFO2. The zero-order chi connectivity index (χ0) is 11.5. The first-order valence-electron chi connectivity index (χ1n) is 4.72. The molecule has 2 rings (SSSR count). The molecule has 0 aliphatic rings. The van der Waals surface area contributed by atoms with Gasteiger partial charge in [0, 0.05) is 12.5 Å². The summed E-state index contributed by atoms with van der Waals surface area (Å²) in [7, 11) is 1.52. The number of ether oxygens (including phenoxy) is 2. The van der Waals surface area contributed by atoms with Gasteiger partial charge in [-0.25, -0.2) is 4.39 Å². The fourth-order valence-electron chi connectivity index (χ4n) is 1.52. The molecule has 2 aromatic rings. The van der Waals surface area contributed by atoms with Gasteiger partial charge in [0.15, 0.2) is 6.79 Å². The van der Waals surface area contributed by atoms with Crippen LogP contribution in [-0.4, -0.2) is 13.9 Å². The molecule has 0 fully saturated rings. The quantitative estimate of drug-likeness (QED) is 0.763. The molecule has 0 aliphatic carbocycles.